The van der Waals surface area contributed by atoms with Gasteiger partial charge in [-0.1, -0.05) is 23.7 Å². The van der Waals surface area contributed by atoms with Crippen molar-refractivity contribution in [2.75, 3.05) is 5.32 Å². The van der Waals surface area contributed by atoms with Crippen molar-refractivity contribution in [3.63, 3.8) is 0 Å². The van der Waals surface area contributed by atoms with E-state index in [1.54, 1.807) is 18.2 Å². The number of thiocarbonyl (C=S) groups is 1. The van der Waals surface area contributed by atoms with Crippen molar-refractivity contribution in [2.24, 2.45) is 0 Å². The number of hydrogen-bond acceptors (Lipinski definition) is 4. The maximum Gasteiger partial charge on any atom is 0.250 e. The lowest BCUT2D eigenvalue weighted by atomic mass is 10.1. The third-order valence-electron chi connectivity index (χ3n) is 3.98. The van der Waals surface area contributed by atoms with E-state index in [0.717, 1.165) is 20.4 Å². The van der Waals surface area contributed by atoms with E-state index in [1.165, 1.54) is 6.08 Å². The molecule has 148 valence electrons. The smallest absolute Gasteiger partial charge is 0.250 e. The van der Waals surface area contributed by atoms with Gasteiger partial charge in [-0.3, -0.25) is 10.1 Å². The molecule has 3 aromatic rings. The number of anilines is 1. The summed E-state index contributed by atoms with van der Waals surface area (Å²) in [7, 11) is 0. The fraction of sp³-hybridized carbons (Fsp3) is 0.0952. The van der Waals surface area contributed by atoms with Gasteiger partial charge in [0, 0.05) is 20.2 Å². The van der Waals surface area contributed by atoms with E-state index >= 15 is 0 Å². The molecule has 0 atom stereocenters. The highest BCUT2D eigenvalue weighted by Crippen LogP contribution is 2.27. The number of nitrogens with one attached hydrogen (secondary N) is 2. The van der Waals surface area contributed by atoms with Gasteiger partial charge >= 0.3 is 0 Å². The molecule has 5 nitrogen and oxygen atoms in total. The van der Waals surface area contributed by atoms with Crippen molar-refractivity contribution < 1.29 is 9.21 Å². The summed E-state index contributed by atoms with van der Waals surface area (Å²) in [5, 5.41) is 6.31. The fourth-order valence-electron chi connectivity index (χ4n) is 2.42. The lowest BCUT2D eigenvalue weighted by molar-refractivity contribution is -0.115. The summed E-state index contributed by atoms with van der Waals surface area (Å²) < 4.78 is 6.81. The molecular weight excluding hydrogens is 521 g/mol. The number of rotatable bonds is 4. The minimum atomic E-state index is -0.374. The van der Waals surface area contributed by atoms with Gasteiger partial charge in [-0.2, -0.15) is 0 Å². The zero-order chi connectivity index (χ0) is 21.0. The second kappa shape index (κ2) is 9.51. The molecule has 29 heavy (non-hydrogen) atoms. The van der Waals surface area contributed by atoms with Gasteiger partial charge in [0.2, 0.25) is 5.91 Å². The maximum atomic E-state index is 12.1. The number of carbonyl (C=O) groups is 1. The topological polar surface area (TPSA) is 67.2 Å². The molecule has 0 aliphatic rings. The number of benzene rings is 1. The standard InChI is InChI=1S/C21H17ClIN3O2S/c1-12-3-4-14(11-16(12)22)18-8-5-15(28-18)6-10-20(27)26-21(29)25-19-9-7-17(23)13(2)24-19/h3-11H,1-2H3,(H2,24,25,26,27,29)/b10-6+. The third-order valence-corrected chi connectivity index (χ3v) is 5.73. The first-order chi connectivity index (χ1) is 13.8. The lowest BCUT2D eigenvalue weighted by Gasteiger charge is -2.08. The average molecular weight is 538 g/mol. The maximum absolute atomic E-state index is 12.1. The van der Waals surface area contributed by atoms with Crippen molar-refractivity contribution in [2.45, 2.75) is 13.8 Å². The van der Waals surface area contributed by atoms with Crippen molar-refractivity contribution >= 4 is 69.3 Å². The number of aryl methyl sites for hydroxylation is 2. The van der Waals surface area contributed by atoms with E-state index in [0.29, 0.717) is 22.4 Å². The van der Waals surface area contributed by atoms with Crippen LogP contribution in [-0.2, 0) is 4.79 Å². The van der Waals surface area contributed by atoms with E-state index in [1.807, 2.05) is 44.2 Å². The van der Waals surface area contributed by atoms with Crippen molar-refractivity contribution in [1.82, 2.24) is 10.3 Å². The van der Waals surface area contributed by atoms with Crippen LogP contribution in [0.15, 0.2) is 53.0 Å². The Balaban J connectivity index is 1.59. The molecule has 2 N–H and O–H groups in total. The fourth-order valence-corrected chi connectivity index (χ4v) is 3.10. The summed E-state index contributed by atoms with van der Waals surface area (Å²) in [5.74, 6) is 1.41. The molecule has 0 saturated carbocycles. The molecule has 0 spiro atoms. The first-order valence-electron chi connectivity index (χ1n) is 8.61. The summed E-state index contributed by atoms with van der Waals surface area (Å²) in [6.45, 7) is 3.84. The largest absolute Gasteiger partial charge is 0.457 e. The summed E-state index contributed by atoms with van der Waals surface area (Å²) in [5.41, 5.74) is 2.75. The molecule has 0 unspecified atom stereocenters. The van der Waals surface area contributed by atoms with Crippen molar-refractivity contribution in [3.05, 3.63) is 74.2 Å². The van der Waals surface area contributed by atoms with E-state index in [4.69, 9.17) is 28.2 Å². The normalized spacial score (nSPS) is 10.9. The van der Waals surface area contributed by atoms with Gasteiger partial charge in [-0.25, -0.2) is 4.98 Å². The quantitative estimate of drug-likeness (QED) is 0.252. The number of halogens is 2. The van der Waals surface area contributed by atoms with Crippen LogP contribution < -0.4 is 10.6 Å². The Morgan fingerprint density at radius 2 is 2.00 bits per heavy atom. The average Bonchev–Trinajstić information content (AvgIpc) is 3.14. The highest BCUT2D eigenvalue weighted by Gasteiger charge is 2.07. The first kappa shape index (κ1) is 21.5. The molecule has 0 aliphatic carbocycles. The number of amides is 1. The van der Waals surface area contributed by atoms with Gasteiger partial charge < -0.3 is 9.73 Å². The highest BCUT2D eigenvalue weighted by molar-refractivity contribution is 14.1. The van der Waals surface area contributed by atoms with Crippen LogP contribution in [0, 0.1) is 17.4 Å². The predicted molar refractivity (Wildman–Crippen MR) is 129 cm³/mol. The van der Waals surface area contributed by atoms with Crippen LogP contribution in [0.3, 0.4) is 0 Å². The number of furan rings is 1. The Labute approximate surface area is 192 Å². The monoisotopic (exact) mass is 537 g/mol. The zero-order valence-electron chi connectivity index (χ0n) is 15.6. The summed E-state index contributed by atoms with van der Waals surface area (Å²) in [4.78, 5) is 16.4. The molecule has 8 heteroatoms. The van der Waals surface area contributed by atoms with Crippen molar-refractivity contribution in [1.29, 1.82) is 0 Å². The Kier molecular flexibility index (Phi) is 7.05. The Hall–Kier alpha value is -2.23. The molecule has 0 saturated heterocycles. The van der Waals surface area contributed by atoms with Crippen LogP contribution in [0.2, 0.25) is 5.02 Å². The molecule has 0 bridgehead atoms. The number of pyridine rings is 1. The third kappa shape index (κ3) is 5.88. The van der Waals surface area contributed by atoms with Crippen LogP contribution in [0.1, 0.15) is 17.0 Å². The number of hydrogen-bond donors (Lipinski definition) is 2. The molecule has 1 aromatic carbocycles. The van der Waals surface area contributed by atoms with E-state index < -0.39 is 0 Å². The van der Waals surface area contributed by atoms with Gasteiger partial charge in [0.1, 0.15) is 17.3 Å². The van der Waals surface area contributed by atoms with E-state index in [9.17, 15) is 4.79 Å². The van der Waals surface area contributed by atoms with Crippen LogP contribution in [0.25, 0.3) is 17.4 Å². The number of aromatic nitrogens is 1. The van der Waals surface area contributed by atoms with Crippen LogP contribution in [0.4, 0.5) is 5.82 Å². The van der Waals surface area contributed by atoms with Crippen LogP contribution in [0.5, 0.6) is 0 Å². The van der Waals surface area contributed by atoms with Crippen molar-refractivity contribution in [3.8, 4) is 11.3 Å². The first-order valence-corrected chi connectivity index (χ1v) is 10.5. The second-order valence-corrected chi connectivity index (χ2v) is 8.18. The number of carbonyl (C=O) groups excluding carboxylic acids is 1. The molecule has 2 aromatic heterocycles. The van der Waals surface area contributed by atoms with Gasteiger partial charge in [0.05, 0.1) is 5.69 Å². The molecule has 0 radical (unpaired) electrons. The highest BCUT2D eigenvalue weighted by atomic mass is 127. The molecule has 3 rings (SSSR count). The van der Waals surface area contributed by atoms with Crippen LogP contribution in [-0.4, -0.2) is 16.0 Å². The van der Waals surface area contributed by atoms with Gasteiger partial charge in [0.15, 0.2) is 5.11 Å². The minimum absolute atomic E-state index is 0.169. The minimum Gasteiger partial charge on any atom is -0.457 e. The van der Waals surface area contributed by atoms with Crippen LogP contribution >= 0.6 is 46.4 Å². The second-order valence-electron chi connectivity index (χ2n) is 6.21. The lowest BCUT2D eigenvalue weighted by Crippen LogP contribution is -2.33. The van der Waals surface area contributed by atoms with Gasteiger partial charge in [0.25, 0.3) is 0 Å². The van der Waals surface area contributed by atoms with E-state index in [-0.39, 0.29) is 11.0 Å². The molecule has 1 amide bonds. The summed E-state index contributed by atoms with van der Waals surface area (Å²) >= 11 is 13.5. The SMILES string of the molecule is Cc1ccc(-c2ccc(/C=C/C(=O)NC(=S)Nc3ccc(I)c(C)n3)o2)cc1Cl. The zero-order valence-corrected chi connectivity index (χ0v) is 19.4. The Bertz CT molecular complexity index is 1110. The Morgan fingerprint density at radius 3 is 2.72 bits per heavy atom. The van der Waals surface area contributed by atoms with E-state index in [2.05, 4.69) is 38.2 Å². The Morgan fingerprint density at radius 1 is 1.21 bits per heavy atom. The molecule has 0 fully saturated rings. The molecular formula is C21H17ClIN3O2S. The summed E-state index contributed by atoms with van der Waals surface area (Å²) in [6, 6.07) is 13.0. The number of nitrogens with zero attached hydrogens (tertiary/aromatic N) is 1. The van der Waals surface area contributed by atoms with Gasteiger partial charge in [-0.05, 0) is 90.6 Å². The summed E-state index contributed by atoms with van der Waals surface area (Å²) in [6.07, 6.45) is 2.93. The predicted octanol–water partition coefficient (Wildman–Crippen LogP) is 5.74. The van der Waals surface area contributed by atoms with Gasteiger partial charge in [-0.15, -0.1) is 0 Å². The molecule has 0 aliphatic heterocycles. The molecule has 2 heterocycles.